The predicted octanol–water partition coefficient (Wildman–Crippen LogP) is 5.87. The highest BCUT2D eigenvalue weighted by Gasteiger charge is 2.43. The average molecular weight is 763 g/mol. The van der Waals surface area contributed by atoms with Gasteiger partial charge in [-0.15, -0.1) is 0 Å². The molecule has 1 amide bonds. The molecule has 2 aromatic carbocycles. The highest BCUT2D eigenvalue weighted by molar-refractivity contribution is 9.10. The molecule has 2 unspecified atom stereocenters. The van der Waals surface area contributed by atoms with Crippen molar-refractivity contribution in [3.05, 3.63) is 52.9 Å². The van der Waals surface area contributed by atoms with Gasteiger partial charge in [-0.05, 0) is 84.1 Å². The standard InChI is InChI=1S/C36H45BrN9O3P/c1-6-23-15-30(32(49-3)16-31(23)44-13-9-26(10-14-44)46-20-24-18-45(22(2)47)19-25(24)21-46)42-36-40-17-27(37)35(43-36)41-29-8-7-28-33(39-12-11-38-28)34(29)50(4,5)48/h7-8,11-12,15-17,24-26H,6,9-10,13-14,18-21H2,1-5H3,(H2,40,41,42,43). The maximum atomic E-state index is 13.5. The van der Waals surface area contributed by atoms with Crippen LogP contribution in [0.4, 0.5) is 28.8 Å². The van der Waals surface area contributed by atoms with Gasteiger partial charge in [0.2, 0.25) is 11.9 Å². The molecule has 5 heterocycles. The fraction of sp³-hybridized carbons (Fsp3) is 0.472. The summed E-state index contributed by atoms with van der Waals surface area (Å²) >= 11 is 3.59. The topological polar surface area (TPSA) is 129 Å². The summed E-state index contributed by atoms with van der Waals surface area (Å²) in [5.41, 5.74) is 5.17. The number of carbonyl (C=O) groups excluding carboxylic acids is 1. The third kappa shape index (κ3) is 6.92. The fourth-order valence-electron chi connectivity index (χ4n) is 7.95. The molecule has 0 aliphatic carbocycles. The zero-order chi connectivity index (χ0) is 35.2. The van der Waals surface area contributed by atoms with Gasteiger partial charge in [-0.2, -0.15) is 4.98 Å². The van der Waals surface area contributed by atoms with Crippen molar-refractivity contribution in [1.82, 2.24) is 29.7 Å². The lowest BCUT2D eigenvalue weighted by atomic mass is 10.00. The van der Waals surface area contributed by atoms with E-state index in [9.17, 15) is 9.36 Å². The second-order valence-electron chi connectivity index (χ2n) is 14.0. The molecule has 2 aromatic heterocycles. The van der Waals surface area contributed by atoms with Crippen LogP contribution in [-0.2, 0) is 15.8 Å². The van der Waals surface area contributed by atoms with Crippen LogP contribution in [0.15, 0.2) is 47.3 Å². The first-order valence-corrected chi connectivity index (χ1v) is 20.7. The Morgan fingerprint density at radius 1 is 1.00 bits per heavy atom. The minimum absolute atomic E-state index is 0.210. The van der Waals surface area contributed by atoms with Crippen molar-refractivity contribution in [3.63, 3.8) is 0 Å². The van der Waals surface area contributed by atoms with Gasteiger partial charge in [0.1, 0.15) is 24.2 Å². The summed E-state index contributed by atoms with van der Waals surface area (Å²) < 4.78 is 20.0. The van der Waals surface area contributed by atoms with Gasteiger partial charge in [0.25, 0.3) is 0 Å². The average Bonchev–Trinajstić information content (AvgIpc) is 3.69. The van der Waals surface area contributed by atoms with Crippen molar-refractivity contribution in [2.75, 3.05) is 75.2 Å². The van der Waals surface area contributed by atoms with E-state index in [-0.39, 0.29) is 5.91 Å². The SMILES string of the molecule is CCc1cc(Nc2ncc(Br)c(Nc3ccc4nccnc4c3P(C)(C)=O)n2)c(OC)cc1N1CCC(N2CC3CN(C(C)=O)CC3C2)CC1. The molecular formula is C36H45BrN9O3P. The quantitative estimate of drug-likeness (QED) is 0.199. The first kappa shape index (κ1) is 34.6. The van der Waals surface area contributed by atoms with Crippen LogP contribution in [0, 0.1) is 11.8 Å². The van der Waals surface area contributed by atoms with Gasteiger partial charge >= 0.3 is 0 Å². The highest BCUT2D eigenvalue weighted by atomic mass is 79.9. The van der Waals surface area contributed by atoms with E-state index in [2.05, 4.69) is 70.4 Å². The van der Waals surface area contributed by atoms with E-state index in [0.717, 1.165) is 70.0 Å². The summed E-state index contributed by atoms with van der Waals surface area (Å²) in [7, 11) is -1.06. The van der Waals surface area contributed by atoms with Gasteiger partial charge in [-0.3, -0.25) is 19.7 Å². The van der Waals surface area contributed by atoms with E-state index >= 15 is 0 Å². The fourth-order valence-corrected chi connectivity index (χ4v) is 9.63. The molecule has 7 rings (SSSR count). The number of rotatable bonds is 9. The number of nitrogens with zero attached hydrogens (tertiary/aromatic N) is 7. The van der Waals surface area contributed by atoms with E-state index < -0.39 is 7.14 Å². The van der Waals surface area contributed by atoms with E-state index in [1.165, 1.54) is 11.3 Å². The Labute approximate surface area is 301 Å². The van der Waals surface area contributed by atoms with Gasteiger partial charge in [0, 0.05) is 82.6 Å². The smallest absolute Gasteiger partial charge is 0.229 e. The third-order valence-electron chi connectivity index (χ3n) is 10.5. The van der Waals surface area contributed by atoms with Gasteiger partial charge in [-0.1, -0.05) is 6.92 Å². The maximum Gasteiger partial charge on any atom is 0.229 e. The highest BCUT2D eigenvalue weighted by Crippen LogP contribution is 2.42. The van der Waals surface area contributed by atoms with Crippen LogP contribution in [0.5, 0.6) is 5.75 Å². The number of aryl methyl sites for hydroxylation is 1. The Morgan fingerprint density at radius 3 is 2.38 bits per heavy atom. The Bertz CT molecular complexity index is 1950. The van der Waals surface area contributed by atoms with E-state index in [4.69, 9.17) is 9.72 Å². The minimum atomic E-state index is -2.75. The molecule has 0 radical (unpaired) electrons. The summed E-state index contributed by atoms with van der Waals surface area (Å²) in [4.78, 5) is 37.3. The number of ether oxygens (including phenoxy) is 1. The molecule has 0 saturated carbocycles. The van der Waals surface area contributed by atoms with Crippen molar-refractivity contribution < 1.29 is 14.1 Å². The molecule has 14 heteroatoms. The number of hydrogen-bond donors (Lipinski definition) is 2. The molecule has 12 nitrogen and oxygen atoms in total. The molecule has 3 fully saturated rings. The second kappa shape index (κ2) is 14.1. The van der Waals surface area contributed by atoms with Gasteiger partial charge < -0.3 is 29.7 Å². The van der Waals surface area contributed by atoms with Crippen molar-refractivity contribution in [1.29, 1.82) is 0 Å². The van der Waals surface area contributed by atoms with Crippen molar-refractivity contribution in [2.45, 2.75) is 39.2 Å². The Hall–Kier alpha value is -3.80. The number of methoxy groups -OCH3 is 1. The third-order valence-corrected chi connectivity index (χ3v) is 12.6. The number of likely N-dealkylation sites (tertiary alicyclic amines) is 2. The molecule has 4 aromatic rings. The van der Waals surface area contributed by atoms with E-state index in [1.54, 1.807) is 46.0 Å². The number of nitrogens with one attached hydrogen (secondary N) is 2. The lowest BCUT2D eigenvalue weighted by Gasteiger charge is -2.39. The van der Waals surface area contributed by atoms with Crippen molar-refractivity contribution in [3.8, 4) is 5.75 Å². The molecule has 0 bridgehead atoms. The molecular weight excluding hydrogens is 717 g/mol. The second-order valence-corrected chi connectivity index (χ2v) is 18.0. The number of amides is 1. The van der Waals surface area contributed by atoms with Crippen molar-refractivity contribution >= 4 is 74.1 Å². The molecule has 0 spiro atoms. The summed E-state index contributed by atoms with van der Waals surface area (Å²) in [5.74, 6) is 3.08. The van der Waals surface area contributed by atoms with Crippen LogP contribution < -0.4 is 25.6 Å². The Morgan fingerprint density at radius 2 is 1.72 bits per heavy atom. The van der Waals surface area contributed by atoms with Crippen LogP contribution in [0.1, 0.15) is 32.3 Å². The van der Waals surface area contributed by atoms with E-state index in [1.807, 2.05) is 17.0 Å². The molecule has 3 saturated heterocycles. The first-order valence-electron chi connectivity index (χ1n) is 17.3. The lowest BCUT2D eigenvalue weighted by molar-refractivity contribution is -0.128. The van der Waals surface area contributed by atoms with Gasteiger partial charge in [0.05, 0.1) is 33.8 Å². The molecule has 3 aliphatic heterocycles. The minimum Gasteiger partial charge on any atom is -0.494 e. The maximum absolute atomic E-state index is 13.5. The number of carbonyl (C=O) groups is 1. The van der Waals surface area contributed by atoms with Gasteiger partial charge in [-0.25, -0.2) is 4.98 Å². The Kier molecular flexibility index (Phi) is 9.75. The number of piperidine rings is 1. The number of halogens is 1. The lowest BCUT2D eigenvalue weighted by Crippen LogP contribution is -2.45. The number of fused-ring (bicyclic) bond motifs is 2. The molecule has 264 valence electrons. The summed E-state index contributed by atoms with van der Waals surface area (Å²) in [6.07, 6.45) is 8.05. The van der Waals surface area contributed by atoms with Crippen LogP contribution in [0.25, 0.3) is 11.0 Å². The van der Waals surface area contributed by atoms with Crippen LogP contribution in [0.2, 0.25) is 0 Å². The zero-order valence-corrected chi connectivity index (χ0v) is 31.8. The number of anilines is 5. The monoisotopic (exact) mass is 761 g/mol. The molecule has 2 N–H and O–H groups in total. The first-order chi connectivity index (χ1) is 24.0. The summed E-state index contributed by atoms with van der Waals surface area (Å²) in [6, 6.07) is 8.60. The van der Waals surface area contributed by atoms with Gasteiger partial charge in [0.15, 0.2) is 0 Å². The molecule has 3 aliphatic rings. The zero-order valence-electron chi connectivity index (χ0n) is 29.3. The normalized spacial score (nSPS) is 20.0. The molecule has 50 heavy (non-hydrogen) atoms. The van der Waals surface area contributed by atoms with Crippen LogP contribution in [-0.4, -0.2) is 101 Å². The number of hydrogen-bond acceptors (Lipinski definition) is 11. The largest absolute Gasteiger partial charge is 0.494 e. The van der Waals surface area contributed by atoms with Crippen molar-refractivity contribution in [2.24, 2.45) is 11.8 Å². The van der Waals surface area contributed by atoms with Crippen LogP contribution >= 0.6 is 23.1 Å². The number of aromatic nitrogens is 4. The number of benzene rings is 2. The summed E-state index contributed by atoms with van der Waals surface area (Å²) in [6.45, 7) is 13.4. The van der Waals surface area contributed by atoms with E-state index in [0.29, 0.717) is 56.1 Å². The Balaban J connectivity index is 1.07. The van der Waals surface area contributed by atoms with Crippen LogP contribution in [0.3, 0.4) is 0 Å². The molecule has 2 atom stereocenters. The predicted molar refractivity (Wildman–Crippen MR) is 203 cm³/mol. The summed E-state index contributed by atoms with van der Waals surface area (Å²) in [5, 5.41) is 7.40.